The highest BCUT2D eigenvalue weighted by molar-refractivity contribution is 5.87. The lowest BCUT2D eigenvalue weighted by atomic mass is 10.1. The lowest BCUT2D eigenvalue weighted by Gasteiger charge is -2.21. The summed E-state index contributed by atoms with van der Waals surface area (Å²) in [5.74, 6) is 1.35. The molecule has 2 saturated heterocycles. The molecule has 4 aromatic rings. The van der Waals surface area contributed by atoms with Gasteiger partial charge in [0.1, 0.15) is 35.7 Å². The molecule has 0 spiro atoms. The Bertz CT molecular complexity index is 1310. The van der Waals surface area contributed by atoms with Crippen molar-refractivity contribution in [2.24, 2.45) is 0 Å². The van der Waals surface area contributed by atoms with Crippen LogP contribution < -0.4 is 9.64 Å². The Balaban J connectivity index is 1.16. The molecule has 0 aliphatic carbocycles. The molecule has 0 saturated carbocycles. The molecule has 0 radical (unpaired) electrons. The molecule has 2 aliphatic rings. The summed E-state index contributed by atoms with van der Waals surface area (Å²) < 4.78 is 32.4. The average molecular weight is 445 g/mol. The first-order valence-electron chi connectivity index (χ1n) is 11.2. The topological polar surface area (TPSA) is 56.7 Å². The van der Waals surface area contributed by atoms with Crippen LogP contribution in [0, 0.1) is 12.7 Å². The van der Waals surface area contributed by atoms with Crippen LogP contribution in [-0.2, 0) is 9.47 Å². The maximum atomic E-state index is 13.7. The first kappa shape index (κ1) is 20.3. The number of benzene rings is 2. The van der Waals surface area contributed by atoms with Gasteiger partial charge >= 0.3 is 0 Å². The molecule has 2 fully saturated rings. The van der Waals surface area contributed by atoms with E-state index in [4.69, 9.17) is 19.2 Å². The second-order valence-electron chi connectivity index (χ2n) is 8.70. The minimum absolute atomic E-state index is 0.0689. The van der Waals surface area contributed by atoms with Crippen molar-refractivity contribution < 1.29 is 18.6 Å². The molecule has 2 atom stereocenters. The highest BCUT2D eigenvalue weighted by atomic mass is 19.1. The van der Waals surface area contributed by atoms with Gasteiger partial charge in [-0.1, -0.05) is 12.1 Å². The van der Waals surface area contributed by atoms with E-state index in [2.05, 4.69) is 9.88 Å². The number of ether oxygens (including phenoxy) is 3. The third kappa shape index (κ3) is 3.87. The van der Waals surface area contributed by atoms with Crippen molar-refractivity contribution in [2.45, 2.75) is 25.2 Å². The van der Waals surface area contributed by atoms with Gasteiger partial charge < -0.3 is 19.1 Å². The second-order valence-corrected chi connectivity index (χ2v) is 8.70. The lowest BCUT2D eigenvalue weighted by Crippen LogP contribution is -2.30. The van der Waals surface area contributed by atoms with Gasteiger partial charge in [0.05, 0.1) is 18.7 Å². The van der Waals surface area contributed by atoms with E-state index >= 15 is 0 Å². The van der Waals surface area contributed by atoms with Crippen LogP contribution in [0.4, 0.5) is 10.2 Å². The zero-order chi connectivity index (χ0) is 22.4. The smallest absolute Gasteiger partial charge is 0.145 e. The number of anilines is 1. The summed E-state index contributed by atoms with van der Waals surface area (Å²) in [4.78, 5) is 11.0. The first-order chi connectivity index (χ1) is 16.1. The number of nitrogens with zero attached hydrogens (tertiary/aromatic N) is 3. The Hall–Kier alpha value is -3.29. The highest BCUT2D eigenvalue weighted by Crippen LogP contribution is 2.30. The van der Waals surface area contributed by atoms with Gasteiger partial charge in [0, 0.05) is 47.7 Å². The van der Waals surface area contributed by atoms with E-state index in [0.717, 1.165) is 33.3 Å². The third-order valence-corrected chi connectivity index (χ3v) is 6.43. The fraction of sp³-hybridized carbons (Fsp3) is 0.308. The van der Waals surface area contributed by atoms with Gasteiger partial charge in [0.2, 0.25) is 0 Å². The molecule has 168 valence electrons. The number of pyridine rings is 2. The summed E-state index contributed by atoms with van der Waals surface area (Å²) in [6.45, 7) is 4.27. The number of halogens is 1. The van der Waals surface area contributed by atoms with Gasteiger partial charge in [-0.15, -0.1) is 0 Å². The summed E-state index contributed by atoms with van der Waals surface area (Å²) in [6.07, 6.45) is 3.27. The molecule has 0 unspecified atom stereocenters. The van der Waals surface area contributed by atoms with E-state index in [9.17, 15) is 4.39 Å². The largest absolute Gasteiger partial charge is 0.485 e. The van der Waals surface area contributed by atoms with Crippen LogP contribution in [-0.4, -0.2) is 54.6 Å². The number of hydrogen-bond donors (Lipinski definition) is 0. The highest BCUT2D eigenvalue weighted by Gasteiger charge is 2.38. The van der Waals surface area contributed by atoms with Gasteiger partial charge in [-0.3, -0.25) is 4.98 Å². The number of hydrogen-bond acceptors (Lipinski definition) is 6. The van der Waals surface area contributed by atoms with Crippen molar-refractivity contribution in [1.82, 2.24) is 9.97 Å². The fourth-order valence-electron chi connectivity index (χ4n) is 4.72. The molecule has 2 aliphatic heterocycles. The Morgan fingerprint density at radius 2 is 1.82 bits per heavy atom. The van der Waals surface area contributed by atoms with Gasteiger partial charge in [-0.25, -0.2) is 9.37 Å². The minimum Gasteiger partial charge on any atom is -0.485 e. The van der Waals surface area contributed by atoms with Gasteiger partial charge in [-0.2, -0.15) is 0 Å². The van der Waals surface area contributed by atoms with E-state index in [1.165, 1.54) is 12.1 Å². The summed E-state index contributed by atoms with van der Waals surface area (Å²) >= 11 is 0. The van der Waals surface area contributed by atoms with Crippen LogP contribution in [0.25, 0.3) is 21.7 Å². The van der Waals surface area contributed by atoms with E-state index in [1.54, 1.807) is 12.3 Å². The number of aromatic nitrogens is 2. The molecule has 33 heavy (non-hydrogen) atoms. The van der Waals surface area contributed by atoms with Gasteiger partial charge in [0.25, 0.3) is 0 Å². The van der Waals surface area contributed by atoms with Crippen LogP contribution in [0.3, 0.4) is 0 Å². The third-order valence-electron chi connectivity index (χ3n) is 6.43. The molecule has 2 aromatic heterocycles. The Morgan fingerprint density at radius 1 is 1.00 bits per heavy atom. The Kier molecular flexibility index (Phi) is 5.08. The maximum absolute atomic E-state index is 13.7. The van der Waals surface area contributed by atoms with Crippen molar-refractivity contribution in [2.75, 3.05) is 31.2 Å². The summed E-state index contributed by atoms with van der Waals surface area (Å²) in [5, 5.41) is 3.03. The van der Waals surface area contributed by atoms with Crippen molar-refractivity contribution >= 4 is 27.5 Å². The summed E-state index contributed by atoms with van der Waals surface area (Å²) in [7, 11) is 0. The van der Waals surface area contributed by atoms with Crippen molar-refractivity contribution in [3.05, 3.63) is 72.3 Å². The molecule has 2 aromatic carbocycles. The van der Waals surface area contributed by atoms with Crippen molar-refractivity contribution in [3.8, 4) is 5.75 Å². The molecule has 0 N–H and O–H groups in total. The van der Waals surface area contributed by atoms with Crippen LogP contribution in [0.2, 0.25) is 0 Å². The SMILES string of the molecule is Cc1cc(N2C[C@@H]3OCC(Oc4cccc5cnccc45)CO[C@H]3C2)nc2cc(F)ccc12. The number of aryl methyl sites for hydroxylation is 1. The zero-order valence-corrected chi connectivity index (χ0v) is 18.3. The van der Waals surface area contributed by atoms with Crippen LogP contribution in [0.5, 0.6) is 5.75 Å². The minimum atomic E-state index is -0.279. The van der Waals surface area contributed by atoms with Crippen LogP contribution >= 0.6 is 0 Å². The second kappa shape index (κ2) is 8.24. The van der Waals surface area contributed by atoms with E-state index in [1.807, 2.05) is 43.5 Å². The Labute approximate surface area is 190 Å². The molecule has 0 amide bonds. The predicted octanol–water partition coefficient (Wildman–Crippen LogP) is 4.28. The zero-order valence-electron chi connectivity index (χ0n) is 18.3. The molecule has 0 bridgehead atoms. The molecule has 4 heterocycles. The van der Waals surface area contributed by atoms with Crippen molar-refractivity contribution in [3.63, 3.8) is 0 Å². The monoisotopic (exact) mass is 445 g/mol. The van der Waals surface area contributed by atoms with Crippen LogP contribution in [0.1, 0.15) is 5.56 Å². The van der Waals surface area contributed by atoms with E-state index in [0.29, 0.717) is 31.8 Å². The summed E-state index contributed by atoms with van der Waals surface area (Å²) in [6, 6.07) is 14.7. The number of fused-ring (bicyclic) bond motifs is 3. The van der Waals surface area contributed by atoms with E-state index in [-0.39, 0.29) is 24.1 Å². The van der Waals surface area contributed by atoms with Crippen molar-refractivity contribution in [1.29, 1.82) is 0 Å². The normalized spacial score (nSPS) is 21.3. The molecule has 6 nitrogen and oxygen atoms in total. The fourth-order valence-corrected chi connectivity index (χ4v) is 4.72. The molecule has 6 rings (SSSR count). The quantitative estimate of drug-likeness (QED) is 0.469. The van der Waals surface area contributed by atoms with Gasteiger partial charge in [0.15, 0.2) is 0 Å². The van der Waals surface area contributed by atoms with Gasteiger partial charge in [-0.05, 0) is 42.8 Å². The maximum Gasteiger partial charge on any atom is 0.145 e. The number of rotatable bonds is 3. The van der Waals surface area contributed by atoms with E-state index < -0.39 is 0 Å². The standard InChI is InChI=1S/C26H24FN3O3/c1-16-9-26(29-22-10-18(27)5-6-20(16)22)30-12-24-25(13-30)32-15-19(14-31-24)33-23-4-2-3-17-11-28-8-7-21(17)23/h2-11,19,24-25H,12-15H2,1H3/t24-,25-/m0/s1. The molecular formula is C26H24FN3O3. The Morgan fingerprint density at radius 3 is 2.64 bits per heavy atom. The first-order valence-corrected chi connectivity index (χ1v) is 11.2. The molecular weight excluding hydrogens is 421 g/mol. The summed E-state index contributed by atoms with van der Waals surface area (Å²) in [5.41, 5.74) is 1.74. The lowest BCUT2D eigenvalue weighted by molar-refractivity contribution is -0.00461. The van der Waals surface area contributed by atoms with Crippen LogP contribution in [0.15, 0.2) is 60.9 Å². The predicted molar refractivity (Wildman–Crippen MR) is 124 cm³/mol. The molecule has 7 heteroatoms. The average Bonchev–Trinajstić information content (AvgIpc) is 3.14.